The second-order valence-electron chi connectivity index (χ2n) is 5.33. The molecule has 0 atom stereocenters. The Morgan fingerprint density at radius 2 is 2.11 bits per heavy atom. The van der Waals surface area contributed by atoms with Crippen LogP contribution >= 0.6 is 0 Å². The molecule has 0 amide bonds. The Kier molecular flexibility index (Phi) is 8.19. The van der Waals surface area contributed by atoms with E-state index in [0.717, 1.165) is 32.5 Å². The van der Waals surface area contributed by atoms with E-state index in [1.165, 1.54) is 11.1 Å². The van der Waals surface area contributed by atoms with E-state index in [9.17, 15) is 0 Å². The highest BCUT2D eigenvalue weighted by molar-refractivity contribution is 5.22. The third kappa shape index (κ3) is 7.81. The molecule has 2 heteroatoms. The Hall–Kier alpha value is -1.12. The molecule has 0 saturated carbocycles. The standard InChI is InChI=1S/C17H27NO/c1-4-5-6-10-19-14-17-9-7-8-16(11-17)13-18-12-15(2)3/h4,7-9,11,15,18H,1,5-6,10,12-14H2,2-3H3. The first-order valence-corrected chi connectivity index (χ1v) is 7.19. The smallest absolute Gasteiger partial charge is 0.0716 e. The van der Waals surface area contributed by atoms with Crippen molar-refractivity contribution in [2.75, 3.05) is 13.2 Å². The van der Waals surface area contributed by atoms with Crippen molar-refractivity contribution in [2.45, 2.75) is 39.8 Å². The van der Waals surface area contributed by atoms with Crippen molar-refractivity contribution in [3.63, 3.8) is 0 Å². The minimum atomic E-state index is 0.691. The molecular weight excluding hydrogens is 234 g/mol. The molecule has 0 aromatic heterocycles. The SMILES string of the molecule is C=CCCCOCc1cccc(CNCC(C)C)c1. The van der Waals surface area contributed by atoms with E-state index in [1.807, 2.05) is 6.08 Å². The van der Waals surface area contributed by atoms with E-state index in [0.29, 0.717) is 12.5 Å². The number of rotatable bonds is 10. The predicted molar refractivity (Wildman–Crippen MR) is 82.1 cm³/mol. The molecule has 0 aliphatic heterocycles. The molecule has 0 aliphatic carbocycles. The van der Waals surface area contributed by atoms with Crippen molar-refractivity contribution in [1.29, 1.82) is 0 Å². The third-order valence-corrected chi connectivity index (χ3v) is 2.84. The lowest BCUT2D eigenvalue weighted by molar-refractivity contribution is 0.119. The molecule has 2 nitrogen and oxygen atoms in total. The molecule has 0 radical (unpaired) electrons. The summed E-state index contributed by atoms with van der Waals surface area (Å²) in [6, 6.07) is 8.61. The van der Waals surface area contributed by atoms with Gasteiger partial charge in [0.15, 0.2) is 0 Å². The third-order valence-electron chi connectivity index (χ3n) is 2.84. The number of hydrogen-bond donors (Lipinski definition) is 1. The molecular formula is C17H27NO. The van der Waals surface area contributed by atoms with Crippen molar-refractivity contribution >= 4 is 0 Å². The van der Waals surface area contributed by atoms with Gasteiger partial charge in [-0.1, -0.05) is 44.2 Å². The average molecular weight is 261 g/mol. The number of ether oxygens (including phenoxy) is 1. The minimum Gasteiger partial charge on any atom is -0.377 e. The normalized spacial score (nSPS) is 10.9. The summed E-state index contributed by atoms with van der Waals surface area (Å²) < 4.78 is 5.65. The maximum Gasteiger partial charge on any atom is 0.0716 e. The summed E-state index contributed by atoms with van der Waals surface area (Å²) in [7, 11) is 0. The fourth-order valence-electron chi connectivity index (χ4n) is 1.85. The quantitative estimate of drug-likeness (QED) is 0.509. The molecule has 19 heavy (non-hydrogen) atoms. The summed E-state index contributed by atoms with van der Waals surface area (Å²) >= 11 is 0. The highest BCUT2D eigenvalue weighted by Crippen LogP contribution is 2.07. The number of nitrogens with one attached hydrogen (secondary N) is 1. The summed E-state index contributed by atoms with van der Waals surface area (Å²) in [4.78, 5) is 0. The van der Waals surface area contributed by atoms with E-state index in [2.05, 4.69) is 50.0 Å². The van der Waals surface area contributed by atoms with E-state index < -0.39 is 0 Å². The van der Waals surface area contributed by atoms with Gasteiger partial charge in [0.05, 0.1) is 6.61 Å². The predicted octanol–water partition coefficient (Wildman–Crippen LogP) is 3.92. The van der Waals surface area contributed by atoms with Crippen LogP contribution in [-0.4, -0.2) is 13.2 Å². The minimum absolute atomic E-state index is 0.691. The van der Waals surface area contributed by atoms with Crippen LogP contribution in [0.5, 0.6) is 0 Å². The van der Waals surface area contributed by atoms with Crippen molar-refractivity contribution in [2.24, 2.45) is 5.92 Å². The molecule has 0 aliphatic rings. The van der Waals surface area contributed by atoms with Crippen LogP contribution in [-0.2, 0) is 17.9 Å². The van der Waals surface area contributed by atoms with Gasteiger partial charge in [-0.05, 0) is 36.4 Å². The molecule has 0 fully saturated rings. The van der Waals surface area contributed by atoms with E-state index in [-0.39, 0.29) is 0 Å². The van der Waals surface area contributed by atoms with Crippen LogP contribution in [0.4, 0.5) is 0 Å². The maximum atomic E-state index is 5.65. The zero-order chi connectivity index (χ0) is 13.9. The molecule has 0 heterocycles. The van der Waals surface area contributed by atoms with Crippen LogP contribution < -0.4 is 5.32 Å². The van der Waals surface area contributed by atoms with Gasteiger partial charge in [0.1, 0.15) is 0 Å². The van der Waals surface area contributed by atoms with E-state index >= 15 is 0 Å². The monoisotopic (exact) mass is 261 g/mol. The summed E-state index contributed by atoms with van der Waals surface area (Å²) in [6.07, 6.45) is 4.02. The number of benzene rings is 1. The fraction of sp³-hybridized carbons (Fsp3) is 0.529. The lowest BCUT2D eigenvalue weighted by atomic mass is 10.1. The molecule has 106 valence electrons. The summed E-state index contributed by atoms with van der Waals surface area (Å²) in [5.74, 6) is 0.691. The van der Waals surface area contributed by atoms with E-state index in [4.69, 9.17) is 4.74 Å². The van der Waals surface area contributed by atoms with Gasteiger partial charge in [-0.3, -0.25) is 0 Å². The van der Waals surface area contributed by atoms with Crippen LogP contribution in [0.15, 0.2) is 36.9 Å². The molecule has 0 unspecified atom stereocenters. The molecule has 0 saturated heterocycles. The van der Waals surface area contributed by atoms with Gasteiger partial charge >= 0.3 is 0 Å². The number of allylic oxidation sites excluding steroid dienone is 1. The molecule has 1 aromatic rings. The first-order chi connectivity index (χ1) is 9.22. The van der Waals surface area contributed by atoms with Crippen LogP contribution in [0.2, 0.25) is 0 Å². The lowest BCUT2D eigenvalue weighted by Crippen LogP contribution is -2.18. The van der Waals surface area contributed by atoms with Crippen LogP contribution in [0.25, 0.3) is 0 Å². The van der Waals surface area contributed by atoms with Gasteiger partial charge < -0.3 is 10.1 Å². The average Bonchev–Trinajstić information content (AvgIpc) is 2.39. The number of unbranched alkanes of at least 4 members (excludes halogenated alkanes) is 1. The zero-order valence-electron chi connectivity index (χ0n) is 12.3. The Balaban J connectivity index is 2.28. The summed E-state index contributed by atoms with van der Waals surface area (Å²) in [5.41, 5.74) is 2.58. The van der Waals surface area contributed by atoms with Crippen LogP contribution in [0.3, 0.4) is 0 Å². The zero-order valence-corrected chi connectivity index (χ0v) is 12.3. The van der Waals surface area contributed by atoms with Crippen LogP contribution in [0, 0.1) is 5.92 Å². The molecule has 1 N–H and O–H groups in total. The Morgan fingerprint density at radius 3 is 2.84 bits per heavy atom. The van der Waals surface area contributed by atoms with Gasteiger partial charge in [-0.2, -0.15) is 0 Å². The van der Waals surface area contributed by atoms with Gasteiger partial charge in [-0.25, -0.2) is 0 Å². The summed E-state index contributed by atoms with van der Waals surface area (Å²) in [5, 5.41) is 3.46. The topological polar surface area (TPSA) is 21.3 Å². The first kappa shape index (κ1) is 15.9. The molecule has 1 aromatic carbocycles. The van der Waals surface area contributed by atoms with Gasteiger partial charge in [0.2, 0.25) is 0 Å². The van der Waals surface area contributed by atoms with Gasteiger partial charge in [-0.15, -0.1) is 6.58 Å². The van der Waals surface area contributed by atoms with Crippen molar-refractivity contribution in [3.8, 4) is 0 Å². The largest absolute Gasteiger partial charge is 0.377 e. The summed E-state index contributed by atoms with van der Waals surface area (Å²) in [6.45, 7) is 11.7. The number of hydrogen-bond acceptors (Lipinski definition) is 2. The maximum absolute atomic E-state index is 5.65. The van der Waals surface area contributed by atoms with Crippen LogP contribution in [0.1, 0.15) is 37.8 Å². The fourth-order valence-corrected chi connectivity index (χ4v) is 1.85. The van der Waals surface area contributed by atoms with Crippen molar-refractivity contribution in [3.05, 3.63) is 48.0 Å². The molecule has 0 bridgehead atoms. The molecule has 1 rings (SSSR count). The Labute approximate surface area is 117 Å². The van der Waals surface area contributed by atoms with Gasteiger partial charge in [0, 0.05) is 13.2 Å². The Morgan fingerprint density at radius 1 is 1.32 bits per heavy atom. The Bertz CT molecular complexity index is 360. The highest BCUT2D eigenvalue weighted by atomic mass is 16.5. The highest BCUT2D eigenvalue weighted by Gasteiger charge is 1.98. The van der Waals surface area contributed by atoms with Crippen molar-refractivity contribution in [1.82, 2.24) is 5.32 Å². The van der Waals surface area contributed by atoms with Gasteiger partial charge in [0.25, 0.3) is 0 Å². The van der Waals surface area contributed by atoms with E-state index in [1.54, 1.807) is 0 Å². The first-order valence-electron chi connectivity index (χ1n) is 7.19. The lowest BCUT2D eigenvalue weighted by Gasteiger charge is -2.09. The molecule has 0 spiro atoms. The second kappa shape index (κ2) is 9.76. The second-order valence-corrected chi connectivity index (χ2v) is 5.33. The van der Waals surface area contributed by atoms with Crippen molar-refractivity contribution < 1.29 is 4.74 Å².